The van der Waals surface area contributed by atoms with Gasteiger partial charge in [0.05, 0.1) is 10.6 Å². The fourth-order valence-electron chi connectivity index (χ4n) is 1.17. The minimum atomic E-state index is -0.194. The molecule has 1 heterocycles. The highest BCUT2D eigenvalue weighted by molar-refractivity contribution is 6.41. The Morgan fingerprint density at radius 1 is 1.53 bits per heavy atom. The number of hydrogen-bond donors (Lipinski definition) is 1. The van der Waals surface area contributed by atoms with Gasteiger partial charge >= 0.3 is 0 Å². The van der Waals surface area contributed by atoms with E-state index >= 15 is 0 Å². The Morgan fingerprint density at radius 2 is 2.24 bits per heavy atom. The average molecular weight is 276 g/mol. The summed E-state index contributed by atoms with van der Waals surface area (Å²) >= 11 is 11.5. The van der Waals surface area contributed by atoms with E-state index in [4.69, 9.17) is 23.2 Å². The van der Waals surface area contributed by atoms with Gasteiger partial charge in [-0.05, 0) is 19.7 Å². The average Bonchev–Trinajstić information content (AvgIpc) is 2.32. The first-order valence-corrected chi connectivity index (χ1v) is 6.08. The van der Waals surface area contributed by atoms with Crippen molar-refractivity contribution in [2.45, 2.75) is 6.92 Å². The Kier molecular flexibility index (Phi) is 5.68. The highest BCUT2D eigenvalue weighted by Crippen LogP contribution is 2.19. The lowest BCUT2D eigenvalue weighted by Crippen LogP contribution is -2.32. The largest absolute Gasteiger partial charge is 0.351 e. The van der Waals surface area contributed by atoms with Crippen molar-refractivity contribution < 1.29 is 4.79 Å². The number of hydrogen-bond acceptors (Lipinski definition) is 3. The van der Waals surface area contributed by atoms with Gasteiger partial charge in [0.15, 0.2) is 0 Å². The summed E-state index contributed by atoms with van der Waals surface area (Å²) in [4.78, 5) is 17.6. The fraction of sp³-hybridized carbons (Fsp3) is 0.455. The summed E-state index contributed by atoms with van der Waals surface area (Å²) in [6.45, 7) is 4.40. The SMILES string of the molecule is CCN(C)CCNC(=O)c1cnc(Cl)c(Cl)c1. The highest BCUT2D eigenvalue weighted by Gasteiger charge is 2.08. The molecule has 1 amide bonds. The van der Waals surface area contributed by atoms with Crippen LogP contribution < -0.4 is 5.32 Å². The number of amides is 1. The van der Waals surface area contributed by atoms with Gasteiger partial charge < -0.3 is 10.2 Å². The van der Waals surface area contributed by atoms with Crippen LogP contribution in [0.4, 0.5) is 0 Å². The second kappa shape index (κ2) is 6.79. The van der Waals surface area contributed by atoms with Gasteiger partial charge in [-0.3, -0.25) is 4.79 Å². The number of nitrogens with zero attached hydrogens (tertiary/aromatic N) is 2. The number of rotatable bonds is 5. The van der Waals surface area contributed by atoms with Crippen molar-refractivity contribution in [2.75, 3.05) is 26.7 Å². The molecule has 0 aliphatic heterocycles. The summed E-state index contributed by atoms with van der Waals surface area (Å²) < 4.78 is 0. The van der Waals surface area contributed by atoms with Crippen molar-refractivity contribution in [1.82, 2.24) is 15.2 Å². The summed E-state index contributed by atoms with van der Waals surface area (Å²) in [6, 6.07) is 1.51. The van der Waals surface area contributed by atoms with Crippen LogP contribution >= 0.6 is 23.2 Å². The zero-order valence-electron chi connectivity index (χ0n) is 9.83. The maximum atomic E-state index is 11.7. The maximum Gasteiger partial charge on any atom is 0.252 e. The van der Waals surface area contributed by atoms with Crippen LogP contribution in [-0.2, 0) is 0 Å². The van der Waals surface area contributed by atoms with Gasteiger partial charge in [-0.1, -0.05) is 30.1 Å². The number of halogens is 2. The molecule has 0 bridgehead atoms. The molecular weight excluding hydrogens is 261 g/mol. The molecule has 0 unspecified atom stereocenters. The summed E-state index contributed by atoms with van der Waals surface area (Å²) in [5.74, 6) is -0.194. The summed E-state index contributed by atoms with van der Waals surface area (Å²) in [7, 11) is 1.99. The number of aromatic nitrogens is 1. The first kappa shape index (κ1) is 14.2. The van der Waals surface area contributed by atoms with Crippen molar-refractivity contribution in [2.24, 2.45) is 0 Å². The van der Waals surface area contributed by atoms with Crippen LogP contribution in [0.25, 0.3) is 0 Å². The van der Waals surface area contributed by atoms with Crippen LogP contribution in [0.1, 0.15) is 17.3 Å². The molecule has 0 aliphatic carbocycles. The zero-order chi connectivity index (χ0) is 12.8. The van der Waals surface area contributed by atoms with Crippen LogP contribution in [0.15, 0.2) is 12.3 Å². The minimum absolute atomic E-state index is 0.194. The first-order valence-electron chi connectivity index (χ1n) is 5.32. The standard InChI is InChI=1S/C11H15Cl2N3O/c1-3-16(2)5-4-14-11(17)8-6-9(12)10(13)15-7-8/h6-7H,3-5H2,1-2H3,(H,14,17). The third kappa shape index (κ3) is 4.50. The normalized spacial score (nSPS) is 10.6. The summed E-state index contributed by atoms with van der Waals surface area (Å²) in [5, 5.41) is 3.27. The Balaban J connectivity index is 2.50. The third-order valence-corrected chi connectivity index (χ3v) is 3.06. The van der Waals surface area contributed by atoms with E-state index < -0.39 is 0 Å². The lowest BCUT2D eigenvalue weighted by atomic mass is 10.2. The van der Waals surface area contributed by atoms with Gasteiger partial charge in [0.2, 0.25) is 0 Å². The Morgan fingerprint density at radius 3 is 2.82 bits per heavy atom. The van der Waals surface area contributed by atoms with Crippen molar-refractivity contribution in [1.29, 1.82) is 0 Å². The van der Waals surface area contributed by atoms with Gasteiger partial charge in [0.1, 0.15) is 5.15 Å². The van der Waals surface area contributed by atoms with Crippen molar-refractivity contribution in [3.63, 3.8) is 0 Å². The molecule has 0 atom stereocenters. The lowest BCUT2D eigenvalue weighted by Gasteiger charge is -2.13. The van der Waals surface area contributed by atoms with Crippen molar-refractivity contribution >= 4 is 29.1 Å². The molecule has 0 aromatic carbocycles. The smallest absolute Gasteiger partial charge is 0.252 e. The van der Waals surface area contributed by atoms with Gasteiger partial charge in [0, 0.05) is 19.3 Å². The van der Waals surface area contributed by atoms with E-state index in [-0.39, 0.29) is 16.1 Å². The second-order valence-corrected chi connectivity index (χ2v) is 4.41. The Hall–Kier alpha value is -0.840. The number of carbonyl (C=O) groups excluding carboxylic acids is 1. The van der Waals surface area contributed by atoms with E-state index in [0.29, 0.717) is 12.1 Å². The molecule has 0 saturated heterocycles. The molecular formula is C11H15Cl2N3O. The molecule has 0 radical (unpaired) electrons. The van der Waals surface area contributed by atoms with Gasteiger partial charge in [0.25, 0.3) is 5.91 Å². The second-order valence-electron chi connectivity index (χ2n) is 3.65. The molecule has 0 spiro atoms. The third-order valence-electron chi connectivity index (χ3n) is 2.38. The quantitative estimate of drug-likeness (QED) is 0.837. The summed E-state index contributed by atoms with van der Waals surface area (Å²) in [5.41, 5.74) is 0.415. The monoisotopic (exact) mass is 275 g/mol. The van der Waals surface area contributed by atoms with E-state index in [1.54, 1.807) is 0 Å². The molecule has 17 heavy (non-hydrogen) atoms. The van der Waals surface area contributed by atoms with Gasteiger partial charge in [-0.2, -0.15) is 0 Å². The zero-order valence-corrected chi connectivity index (χ0v) is 11.3. The van der Waals surface area contributed by atoms with E-state index in [2.05, 4.69) is 22.1 Å². The summed E-state index contributed by atoms with van der Waals surface area (Å²) in [6.07, 6.45) is 1.41. The highest BCUT2D eigenvalue weighted by atomic mass is 35.5. The van der Waals surface area contributed by atoms with Crippen LogP contribution in [0.5, 0.6) is 0 Å². The number of pyridine rings is 1. The molecule has 0 saturated carbocycles. The minimum Gasteiger partial charge on any atom is -0.351 e. The van der Waals surface area contributed by atoms with Crippen molar-refractivity contribution in [3.05, 3.63) is 28.0 Å². The van der Waals surface area contributed by atoms with Crippen LogP contribution in [-0.4, -0.2) is 42.5 Å². The fourth-order valence-corrected chi connectivity index (χ4v) is 1.44. The van der Waals surface area contributed by atoms with E-state index in [1.807, 2.05) is 7.05 Å². The molecule has 1 aromatic rings. The predicted octanol–water partition coefficient (Wildman–Crippen LogP) is 2.07. The lowest BCUT2D eigenvalue weighted by molar-refractivity contribution is 0.0950. The van der Waals surface area contributed by atoms with Crippen molar-refractivity contribution in [3.8, 4) is 0 Å². The number of likely N-dealkylation sites (N-methyl/N-ethyl adjacent to an activating group) is 1. The first-order chi connectivity index (χ1) is 8.04. The van der Waals surface area contributed by atoms with Gasteiger partial charge in [-0.25, -0.2) is 4.98 Å². The number of nitrogens with one attached hydrogen (secondary N) is 1. The molecule has 1 rings (SSSR count). The van der Waals surface area contributed by atoms with Crippen LogP contribution in [0.2, 0.25) is 10.2 Å². The molecule has 1 aromatic heterocycles. The molecule has 94 valence electrons. The van der Waals surface area contributed by atoms with Gasteiger partial charge in [-0.15, -0.1) is 0 Å². The molecule has 0 aliphatic rings. The maximum absolute atomic E-state index is 11.7. The topological polar surface area (TPSA) is 45.2 Å². The van der Waals surface area contributed by atoms with Crippen LogP contribution in [0, 0.1) is 0 Å². The molecule has 1 N–H and O–H groups in total. The Bertz CT molecular complexity index is 398. The molecule has 4 nitrogen and oxygen atoms in total. The molecule has 0 fully saturated rings. The van der Waals surface area contributed by atoms with E-state index in [9.17, 15) is 4.79 Å². The predicted molar refractivity (Wildman–Crippen MR) is 69.8 cm³/mol. The van der Waals surface area contributed by atoms with Crippen LogP contribution in [0.3, 0.4) is 0 Å². The Labute approximate surface area is 111 Å². The molecule has 6 heteroatoms. The number of carbonyl (C=O) groups is 1. The van der Waals surface area contributed by atoms with E-state index in [1.165, 1.54) is 12.3 Å². The van der Waals surface area contributed by atoms with E-state index in [0.717, 1.165) is 13.1 Å².